The molecular formula is C17H17Cl3N6O2. The van der Waals surface area contributed by atoms with Crippen molar-refractivity contribution in [3.63, 3.8) is 0 Å². The van der Waals surface area contributed by atoms with E-state index in [2.05, 4.69) is 21.0 Å². The lowest BCUT2D eigenvalue weighted by molar-refractivity contribution is 0.269. The Morgan fingerprint density at radius 3 is 2.43 bits per heavy atom. The molecule has 0 amide bonds. The molecule has 0 fully saturated rings. The van der Waals surface area contributed by atoms with Crippen LogP contribution in [0.4, 0.5) is 5.95 Å². The number of tetrazole rings is 1. The first-order valence-corrected chi connectivity index (χ1v) is 9.41. The summed E-state index contributed by atoms with van der Waals surface area (Å²) in [4.78, 5) is 1.25. The lowest BCUT2D eigenvalue weighted by Gasteiger charge is -2.16. The highest BCUT2D eigenvalue weighted by atomic mass is 35.5. The van der Waals surface area contributed by atoms with Gasteiger partial charge in [0.2, 0.25) is 0 Å². The van der Waals surface area contributed by atoms with Gasteiger partial charge in [-0.15, -0.1) is 4.79 Å². The Kier molecular flexibility index (Phi) is 6.66. The van der Waals surface area contributed by atoms with Gasteiger partial charge in [0, 0.05) is 26.7 Å². The minimum absolute atomic E-state index is 0.137. The fourth-order valence-corrected chi connectivity index (χ4v) is 3.11. The van der Waals surface area contributed by atoms with Gasteiger partial charge in [-0.25, -0.2) is 0 Å². The molecule has 28 heavy (non-hydrogen) atoms. The van der Waals surface area contributed by atoms with Gasteiger partial charge in [0.25, 0.3) is 5.95 Å². The normalized spacial score (nSPS) is 10.7. The maximum absolute atomic E-state index is 6.41. The van der Waals surface area contributed by atoms with Crippen molar-refractivity contribution in [2.24, 2.45) is 0 Å². The van der Waals surface area contributed by atoms with Crippen LogP contribution in [0.5, 0.6) is 11.5 Å². The monoisotopic (exact) mass is 442 g/mol. The molecule has 3 rings (SSSR count). The summed E-state index contributed by atoms with van der Waals surface area (Å²) in [6, 6.07) is 8.74. The Labute approximate surface area is 176 Å². The average Bonchev–Trinajstić information content (AvgIpc) is 3.07. The van der Waals surface area contributed by atoms with E-state index in [1.165, 1.54) is 4.79 Å². The summed E-state index contributed by atoms with van der Waals surface area (Å²) in [7, 11) is 0. The van der Waals surface area contributed by atoms with Crippen molar-refractivity contribution < 1.29 is 9.47 Å². The first-order chi connectivity index (χ1) is 13.5. The van der Waals surface area contributed by atoms with Gasteiger partial charge in [0.1, 0.15) is 6.61 Å². The van der Waals surface area contributed by atoms with E-state index in [1.807, 2.05) is 6.92 Å². The Balaban J connectivity index is 1.79. The molecule has 3 N–H and O–H groups in total. The number of nitrogen functional groups attached to an aromatic ring is 1. The van der Waals surface area contributed by atoms with Crippen LogP contribution in [0, 0.1) is 0 Å². The van der Waals surface area contributed by atoms with Gasteiger partial charge in [-0.3, -0.25) is 0 Å². The maximum Gasteiger partial charge on any atom is 0.260 e. The quantitative estimate of drug-likeness (QED) is 0.544. The van der Waals surface area contributed by atoms with Crippen LogP contribution >= 0.6 is 34.8 Å². The average molecular weight is 444 g/mol. The third kappa shape index (κ3) is 4.70. The molecule has 0 saturated carbocycles. The van der Waals surface area contributed by atoms with Crippen LogP contribution < -0.4 is 20.6 Å². The molecule has 0 aliphatic rings. The number of nitrogens with zero attached hydrogens (tertiary/aromatic N) is 4. The number of rotatable bonds is 8. The molecule has 8 nitrogen and oxygen atoms in total. The van der Waals surface area contributed by atoms with Crippen LogP contribution in [-0.2, 0) is 13.2 Å². The third-order valence-electron chi connectivity index (χ3n) is 3.76. The summed E-state index contributed by atoms with van der Waals surface area (Å²) in [5.74, 6) is 1.16. The molecule has 1 heterocycles. The summed E-state index contributed by atoms with van der Waals surface area (Å²) in [5, 5.41) is 12.3. The Morgan fingerprint density at radius 2 is 1.79 bits per heavy atom. The van der Waals surface area contributed by atoms with Crippen LogP contribution in [-0.4, -0.2) is 26.9 Å². The lowest BCUT2D eigenvalue weighted by Crippen LogP contribution is -2.18. The molecule has 0 radical (unpaired) electrons. The minimum atomic E-state index is 0.137. The second-order valence-corrected chi connectivity index (χ2v) is 6.82. The molecule has 0 atom stereocenters. The number of aromatic nitrogens is 4. The molecule has 0 unspecified atom stereocenters. The Morgan fingerprint density at radius 1 is 1.07 bits per heavy atom. The van der Waals surface area contributed by atoms with E-state index in [0.29, 0.717) is 45.3 Å². The summed E-state index contributed by atoms with van der Waals surface area (Å²) in [6.07, 6.45) is 0. The van der Waals surface area contributed by atoms with Gasteiger partial charge < -0.3 is 20.6 Å². The zero-order valence-electron chi connectivity index (χ0n) is 14.8. The van der Waals surface area contributed by atoms with Gasteiger partial charge in [-0.05, 0) is 41.1 Å². The van der Waals surface area contributed by atoms with Crippen molar-refractivity contribution >= 4 is 40.8 Å². The van der Waals surface area contributed by atoms with E-state index in [-0.39, 0.29) is 12.6 Å². The van der Waals surface area contributed by atoms with Crippen LogP contribution in [0.3, 0.4) is 0 Å². The number of ether oxygens (including phenoxy) is 2. The molecule has 0 bridgehead atoms. The van der Waals surface area contributed by atoms with E-state index in [0.717, 1.165) is 5.56 Å². The second kappa shape index (κ2) is 9.18. The molecule has 0 aliphatic carbocycles. The Bertz CT molecular complexity index is 946. The van der Waals surface area contributed by atoms with E-state index >= 15 is 0 Å². The molecule has 1 aromatic heterocycles. The molecule has 3 aromatic rings. The SMILES string of the molecule is CCOc1cc(CNn2nnnc2N)c(Cl)cc1OCc1c(Cl)cccc1Cl. The first kappa shape index (κ1) is 20.3. The molecule has 0 aliphatic heterocycles. The van der Waals surface area contributed by atoms with E-state index in [1.54, 1.807) is 30.3 Å². The molecular weight excluding hydrogens is 427 g/mol. The molecule has 0 spiro atoms. The highest BCUT2D eigenvalue weighted by Gasteiger charge is 2.14. The minimum Gasteiger partial charge on any atom is -0.490 e. The van der Waals surface area contributed by atoms with Gasteiger partial charge in [0.05, 0.1) is 13.2 Å². The second-order valence-electron chi connectivity index (χ2n) is 5.60. The van der Waals surface area contributed by atoms with Crippen molar-refractivity contribution in [3.8, 4) is 11.5 Å². The van der Waals surface area contributed by atoms with Crippen molar-refractivity contribution in [1.82, 2.24) is 20.3 Å². The number of benzene rings is 2. The maximum atomic E-state index is 6.41. The molecule has 0 saturated heterocycles. The topological polar surface area (TPSA) is 100 Å². The van der Waals surface area contributed by atoms with Crippen LogP contribution in [0.25, 0.3) is 0 Å². The van der Waals surface area contributed by atoms with Crippen molar-refractivity contribution in [2.75, 3.05) is 17.8 Å². The van der Waals surface area contributed by atoms with Crippen molar-refractivity contribution in [3.05, 3.63) is 56.5 Å². The van der Waals surface area contributed by atoms with E-state index in [4.69, 9.17) is 50.0 Å². The van der Waals surface area contributed by atoms with Crippen LogP contribution in [0.1, 0.15) is 18.1 Å². The summed E-state index contributed by atoms with van der Waals surface area (Å²) in [5.41, 5.74) is 10.0. The number of nitrogens with two attached hydrogens (primary N) is 1. The summed E-state index contributed by atoms with van der Waals surface area (Å²) < 4.78 is 11.6. The number of hydrogen-bond donors (Lipinski definition) is 2. The van der Waals surface area contributed by atoms with Gasteiger partial charge in [0.15, 0.2) is 11.5 Å². The first-order valence-electron chi connectivity index (χ1n) is 8.28. The highest BCUT2D eigenvalue weighted by molar-refractivity contribution is 6.36. The smallest absolute Gasteiger partial charge is 0.260 e. The number of hydrogen-bond acceptors (Lipinski definition) is 7. The predicted octanol–water partition coefficient (Wildman–Crippen LogP) is 3.94. The van der Waals surface area contributed by atoms with Gasteiger partial charge in [-0.2, -0.15) is 0 Å². The van der Waals surface area contributed by atoms with Crippen molar-refractivity contribution in [2.45, 2.75) is 20.1 Å². The zero-order valence-corrected chi connectivity index (χ0v) is 17.1. The molecule has 2 aromatic carbocycles. The van der Waals surface area contributed by atoms with Crippen LogP contribution in [0.15, 0.2) is 30.3 Å². The van der Waals surface area contributed by atoms with Crippen molar-refractivity contribution in [1.29, 1.82) is 0 Å². The number of anilines is 1. The molecule has 148 valence electrons. The summed E-state index contributed by atoms with van der Waals surface area (Å²) >= 11 is 18.8. The zero-order chi connectivity index (χ0) is 20.1. The lowest BCUT2D eigenvalue weighted by atomic mass is 10.2. The molecule has 11 heteroatoms. The third-order valence-corrected chi connectivity index (χ3v) is 4.82. The fraction of sp³-hybridized carbons (Fsp3) is 0.235. The standard InChI is InChI=1S/C17H17Cl3N6O2/c1-2-27-15-6-10(8-22-26-17(21)23-24-25-26)14(20)7-16(15)28-9-11-12(18)4-3-5-13(11)19/h3-7,22H,2,8-9H2,1H3,(H2,21,23,25). The highest BCUT2D eigenvalue weighted by Crippen LogP contribution is 2.35. The van der Waals surface area contributed by atoms with Gasteiger partial charge in [-0.1, -0.05) is 46.0 Å². The largest absolute Gasteiger partial charge is 0.490 e. The Hall–Kier alpha value is -2.42. The van der Waals surface area contributed by atoms with Crippen LogP contribution in [0.2, 0.25) is 15.1 Å². The number of halogens is 3. The fourth-order valence-electron chi connectivity index (χ4n) is 2.38. The van der Waals surface area contributed by atoms with E-state index < -0.39 is 0 Å². The van der Waals surface area contributed by atoms with E-state index in [9.17, 15) is 0 Å². The predicted molar refractivity (Wildman–Crippen MR) is 109 cm³/mol. The summed E-state index contributed by atoms with van der Waals surface area (Å²) in [6.45, 7) is 2.83. The van der Waals surface area contributed by atoms with Gasteiger partial charge >= 0.3 is 0 Å². The number of nitrogens with one attached hydrogen (secondary N) is 1.